The summed E-state index contributed by atoms with van der Waals surface area (Å²) >= 11 is 0. The number of aromatic hydroxyl groups is 1. The maximum Gasteiger partial charge on any atom is 0.303 e. The van der Waals surface area contributed by atoms with Gasteiger partial charge in [-0.3, -0.25) is 4.79 Å². The van der Waals surface area contributed by atoms with E-state index in [1.807, 2.05) is 6.07 Å². The number of carboxylic acid groups (broad SMARTS) is 1. The van der Waals surface area contributed by atoms with Crippen LogP contribution in [-0.2, 0) is 16.6 Å². The minimum Gasteiger partial charge on any atom is -0.508 e. The van der Waals surface area contributed by atoms with Crippen molar-refractivity contribution in [2.45, 2.75) is 63.7 Å². The van der Waals surface area contributed by atoms with Crippen molar-refractivity contribution < 1.29 is 15.0 Å². The number of carbonyl (C=O) groups is 1. The summed E-state index contributed by atoms with van der Waals surface area (Å²) in [6.07, 6.45) is 7.59. The number of phenols is 1. The maximum atomic E-state index is 10.6. The normalized spacial score (nSPS) is 17.9. The van der Waals surface area contributed by atoms with E-state index >= 15 is 0 Å². The van der Waals surface area contributed by atoms with Gasteiger partial charge in [0.15, 0.2) is 0 Å². The predicted molar refractivity (Wildman–Crippen MR) is 79.1 cm³/mol. The van der Waals surface area contributed by atoms with E-state index in [-0.39, 0.29) is 11.8 Å². The number of carboxylic acids is 1. The Morgan fingerprint density at radius 1 is 1.25 bits per heavy atom. The summed E-state index contributed by atoms with van der Waals surface area (Å²) in [7, 11) is 0. The monoisotopic (exact) mass is 276 g/mol. The highest BCUT2D eigenvalue weighted by molar-refractivity contribution is 5.66. The molecule has 1 saturated carbocycles. The Morgan fingerprint density at radius 2 is 1.95 bits per heavy atom. The molecule has 0 aromatic heterocycles. The van der Waals surface area contributed by atoms with Crippen LogP contribution in [0.4, 0.5) is 0 Å². The van der Waals surface area contributed by atoms with Gasteiger partial charge in [-0.1, -0.05) is 38.3 Å². The van der Waals surface area contributed by atoms with Gasteiger partial charge in [0, 0.05) is 12.0 Å². The largest absolute Gasteiger partial charge is 0.508 e. The number of benzene rings is 1. The van der Waals surface area contributed by atoms with Crippen LogP contribution >= 0.6 is 0 Å². The van der Waals surface area contributed by atoms with Gasteiger partial charge in [0.1, 0.15) is 5.75 Å². The fourth-order valence-electron chi connectivity index (χ4n) is 3.27. The Morgan fingerprint density at radius 3 is 2.60 bits per heavy atom. The average Bonchev–Trinajstić information content (AvgIpc) is 2.41. The topological polar surface area (TPSA) is 57.5 Å². The molecule has 1 aromatic rings. The third-order valence-electron chi connectivity index (χ3n) is 4.52. The fourth-order valence-corrected chi connectivity index (χ4v) is 3.27. The van der Waals surface area contributed by atoms with Crippen molar-refractivity contribution in [1.82, 2.24) is 0 Å². The Bertz CT molecular complexity index is 473. The average molecular weight is 276 g/mol. The molecule has 0 unspecified atom stereocenters. The quantitative estimate of drug-likeness (QED) is 0.854. The highest BCUT2D eigenvalue weighted by atomic mass is 16.4. The number of hydrogen-bond acceptors (Lipinski definition) is 2. The summed E-state index contributed by atoms with van der Waals surface area (Å²) in [5, 5.41) is 18.9. The molecule has 3 nitrogen and oxygen atoms in total. The molecule has 0 spiro atoms. The van der Waals surface area contributed by atoms with E-state index in [4.69, 9.17) is 5.11 Å². The molecule has 1 fully saturated rings. The Balaban J connectivity index is 2.13. The van der Waals surface area contributed by atoms with E-state index in [0.717, 1.165) is 30.4 Å². The standard InChI is InChI=1S/C17H24O3/c1-17(10-3-2-4-11-17)14-12-13(8-9-15(14)18)6-5-7-16(19)20/h8-9,12,18H,2-7,10-11H2,1H3,(H,19,20). The Labute approximate surface area is 120 Å². The summed E-state index contributed by atoms with van der Waals surface area (Å²) in [4.78, 5) is 10.6. The first-order valence-electron chi connectivity index (χ1n) is 7.55. The molecule has 0 bridgehead atoms. The van der Waals surface area contributed by atoms with E-state index in [0.29, 0.717) is 12.2 Å². The molecule has 2 N–H and O–H groups in total. The highest BCUT2D eigenvalue weighted by Gasteiger charge is 2.31. The number of hydrogen-bond donors (Lipinski definition) is 2. The molecule has 1 aliphatic carbocycles. The molecule has 0 radical (unpaired) electrons. The molecule has 0 amide bonds. The molecular weight excluding hydrogens is 252 g/mol. The Kier molecular flexibility index (Phi) is 4.69. The van der Waals surface area contributed by atoms with Gasteiger partial charge >= 0.3 is 5.97 Å². The van der Waals surface area contributed by atoms with Gasteiger partial charge in [0.25, 0.3) is 0 Å². The van der Waals surface area contributed by atoms with E-state index < -0.39 is 5.97 Å². The highest BCUT2D eigenvalue weighted by Crippen LogP contribution is 2.42. The molecule has 1 aliphatic rings. The lowest BCUT2D eigenvalue weighted by Crippen LogP contribution is -2.25. The van der Waals surface area contributed by atoms with Crippen LogP contribution in [0.5, 0.6) is 5.75 Å². The molecule has 0 aliphatic heterocycles. The molecule has 1 aromatic carbocycles. The zero-order valence-corrected chi connectivity index (χ0v) is 12.2. The first kappa shape index (κ1) is 14.9. The van der Waals surface area contributed by atoms with Crippen LogP contribution in [-0.4, -0.2) is 16.2 Å². The van der Waals surface area contributed by atoms with E-state index in [9.17, 15) is 9.90 Å². The smallest absolute Gasteiger partial charge is 0.303 e. The van der Waals surface area contributed by atoms with Crippen LogP contribution in [0.2, 0.25) is 0 Å². The van der Waals surface area contributed by atoms with E-state index in [1.165, 1.54) is 19.3 Å². The molecule has 20 heavy (non-hydrogen) atoms. The third kappa shape index (κ3) is 3.53. The second-order valence-corrected chi connectivity index (χ2v) is 6.22. The number of aliphatic carboxylic acids is 1. The summed E-state index contributed by atoms with van der Waals surface area (Å²) in [5.41, 5.74) is 2.25. The van der Waals surface area contributed by atoms with Gasteiger partial charge in [0.05, 0.1) is 0 Å². The Hall–Kier alpha value is -1.51. The van der Waals surface area contributed by atoms with Crippen LogP contribution in [0.1, 0.15) is 63.0 Å². The minimum absolute atomic E-state index is 0.0745. The summed E-state index contributed by atoms with van der Waals surface area (Å²) < 4.78 is 0. The van der Waals surface area contributed by atoms with Gasteiger partial charge in [0.2, 0.25) is 0 Å². The SMILES string of the molecule is CC1(c2cc(CCCC(=O)O)ccc2O)CCCCC1. The van der Waals surface area contributed by atoms with E-state index in [2.05, 4.69) is 13.0 Å². The minimum atomic E-state index is -0.747. The van der Waals surface area contributed by atoms with Gasteiger partial charge in [-0.05, 0) is 42.7 Å². The molecule has 3 heteroatoms. The second-order valence-electron chi connectivity index (χ2n) is 6.22. The number of aryl methyl sites for hydroxylation is 1. The van der Waals surface area contributed by atoms with Gasteiger partial charge in [-0.15, -0.1) is 0 Å². The number of rotatable bonds is 5. The van der Waals surface area contributed by atoms with Crippen LogP contribution in [0.3, 0.4) is 0 Å². The van der Waals surface area contributed by atoms with Gasteiger partial charge < -0.3 is 10.2 Å². The first-order chi connectivity index (χ1) is 9.51. The van der Waals surface area contributed by atoms with Crippen LogP contribution in [0.15, 0.2) is 18.2 Å². The van der Waals surface area contributed by atoms with Crippen LogP contribution < -0.4 is 0 Å². The lowest BCUT2D eigenvalue weighted by Gasteiger charge is -2.34. The maximum absolute atomic E-state index is 10.6. The molecule has 2 rings (SSSR count). The summed E-state index contributed by atoms with van der Waals surface area (Å²) in [5.74, 6) is -0.361. The lowest BCUT2D eigenvalue weighted by atomic mass is 9.70. The van der Waals surface area contributed by atoms with Crippen molar-refractivity contribution in [1.29, 1.82) is 0 Å². The molecule has 0 saturated heterocycles. The van der Waals surface area contributed by atoms with Gasteiger partial charge in [-0.25, -0.2) is 0 Å². The molecular formula is C17H24O3. The molecule has 110 valence electrons. The lowest BCUT2D eigenvalue weighted by molar-refractivity contribution is -0.137. The predicted octanol–water partition coefficient (Wildman–Crippen LogP) is 4.02. The fraction of sp³-hybridized carbons (Fsp3) is 0.588. The summed E-state index contributed by atoms with van der Waals surface area (Å²) in [6.45, 7) is 2.24. The third-order valence-corrected chi connectivity index (χ3v) is 4.52. The van der Waals surface area contributed by atoms with Crippen molar-refractivity contribution in [3.63, 3.8) is 0 Å². The zero-order chi connectivity index (χ0) is 14.6. The van der Waals surface area contributed by atoms with Crippen molar-refractivity contribution >= 4 is 5.97 Å². The van der Waals surface area contributed by atoms with Crippen molar-refractivity contribution in [2.75, 3.05) is 0 Å². The van der Waals surface area contributed by atoms with Crippen LogP contribution in [0, 0.1) is 0 Å². The zero-order valence-electron chi connectivity index (χ0n) is 12.2. The first-order valence-corrected chi connectivity index (χ1v) is 7.55. The molecule has 0 atom stereocenters. The molecule has 0 heterocycles. The number of phenolic OH excluding ortho intramolecular Hbond substituents is 1. The van der Waals surface area contributed by atoms with E-state index in [1.54, 1.807) is 6.07 Å². The van der Waals surface area contributed by atoms with Crippen molar-refractivity contribution in [2.24, 2.45) is 0 Å². The summed E-state index contributed by atoms with van der Waals surface area (Å²) in [6, 6.07) is 5.76. The van der Waals surface area contributed by atoms with Crippen LogP contribution in [0.25, 0.3) is 0 Å². The van der Waals surface area contributed by atoms with Crippen molar-refractivity contribution in [3.8, 4) is 5.75 Å². The van der Waals surface area contributed by atoms with Crippen molar-refractivity contribution in [3.05, 3.63) is 29.3 Å². The second kappa shape index (κ2) is 6.29. The van der Waals surface area contributed by atoms with Gasteiger partial charge in [-0.2, -0.15) is 0 Å².